The number of carbonyl (C=O) groups excluding carboxylic acids is 1. The lowest BCUT2D eigenvalue weighted by Crippen LogP contribution is -2.11. The second-order valence-corrected chi connectivity index (χ2v) is 2.31. The van der Waals surface area contributed by atoms with Crippen molar-refractivity contribution in [2.75, 3.05) is 13.7 Å². The molecule has 0 radical (unpaired) electrons. The minimum absolute atomic E-state index is 0.389. The number of hydrogen-bond donors (Lipinski definition) is 1. The molecule has 0 heterocycles. The first kappa shape index (κ1) is 9.54. The van der Waals surface area contributed by atoms with Gasteiger partial charge in [-0.3, -0.25) is 0 Å². The molecule has 0 atom stereocenters. The van der Waals surface area contributed by atoms with Gasteiger partial charge in [0.1, 0.15) is 18.1 Å². The Kier molecular flexibility index (Phi) is 3.28. The molecule has 0 aliphatic carbocycles. The Morgan fingerprint density at radius 1 is 1.31 bits per heavy atom. The van der Waals surface area contributed by atoms with Crippen LogP contribution in [0.15, 0.2) is 24.3 Å². The molecule has 1 N–H and O–H groups in total. The molecule has 0 spiro atoms. The molecule has 0 saturated carbocycles. The zero-order chi connectivity index (χ0) is 9.68. The van der Waals surface area contributed by atoms with Gasteiger partial charge >= 0.3 is 5.97 Å². The van der Waals surface area contributed by atoms with Crippen LogP contribution in [0, 0.1) is 0 Å². The molecule has 4 nitrogen and oxygen atoms in total. The van der Waals surface area contributed by atoms with Crippen molar-refractivity contribution in [2.24, 2.45) is 0 Å². The van der Waals surface area contributed by atoms with Gasteiger partial charge in [-0.25, -0.2) is 4.79 Å². The summed E-state index contributed by atoms with van der Waals surface area (Å²) in [6.45, 7) is -0.619. The minimum atomic E-state index is -0.676. The number of aliphatic hydroxyl groups excluding tert-OH is 1. The first-order valence-electron chi connectivity index (χ1n) is 3.72. The van der Waals surface area contributed by atoms with Gasteiger partial charge in [0.25, 0.3) is 0 Å². The summed E-state index contributed by atoms with van der Waals surface area (Å²) in [4.78, 5) is 10.6. The average Bonchev–Trinajstić information content (AvgIpc) is 2.19. The van der Waals surface area contributed by atoms with Gasteiger partial charge in [-0.1, -0.05) is 0 Å². The molecular weight excluding hydrogens is 172 g/mol. The third-order valence-corrected chi connectivity index (χ3v) is 1.42. The Bertz CT molecular complexity index is 278. The van der Waals surface area contributed by atoms with E-state index in [0.717, 1.165) is 0 Å². The van der Waals surface area contributed by atoms with E-state index in [4.69, 9.17) is 14.6 Å². The summed E-state index contributed by atoms with van der Waals surface area (Å²) in [6.07, 6.45) is 0. The smallest absolute Gasteiger partial charge is 0.337 e. The van der Waals surface area contributed by atoms with Crippen molar-refractivity contribution in [3.05, 3.63) is 24.3 Å². The molecule has 0 fully saturated rings. The van der Waals surface area contributed by atoms with Crippen molar-refractivity contribution in [3.8, 4) is 11.5 Å². The number of ether oxygens (including phenoxy) is 2. The molecule has 13 heavy (non-hydrogen) atoms. The fourth-order valence-corrected chi connectivity index (χ4v) is 0.807. The molecule has 0 bridgehead atoms. The third kappa shape index (κ3) is 2.76. The van der Waals surface area contributed by atoms with Gasteiger partial charge in [0.15, 0.2) is 0 Å². The summed E-state index contributed by atoms with van der Waals surface area (Å²) in [6, 6.07) is 6.51. The van der Waals surface area contributed by atoms with E-state index < -0.39 is 12.6 Å². The fraction of sp³-hybridized carbons (Fsp3) is 0.222. The summed E-state index contributed by atoms with van der Waals surface area (Å²) in [5.74, 6) is 0.397. The summed E-state index contributed by atoms with van der Waals surface area (Å²) in [5, 5.41) is 8.40. The van der Waals surface area contributed by atoms with Crippen LogP contribution < -0.4 is 9.47 Å². The molecule has 1 rings (SSSR count). The Hall–Kier alpha value is -1.55. The Labute approximate surface area is 75.7 Å². The van der Waals surface area contributed by atoms with E-state index in [2.05, 4.69) is 0 Å². The lowest BCUT2D eigenvalue weighted by Gasteiger charge is -2.02. The summed E-state index contributed by atoms with van der Waals surface area (Å²) < 4.78 is 9.63. The van der Waals surface area contributed by atoms with Crippen molar-refractivity contribution in [1.82, 2.24) is 0 Å². The summed E-state index contributed by atoms with van der Waals surface area (Å²) >= 11 is 0. The molecule has 0 aliphatic rings. The zero-order valence-electron chi connectivity index (χ0n) is 7.19. The Balaban J connectivity index is 2.64. The van der Waals surface area contributed by atoms with Gasteiger partial charge in [0, 0.05) is 0 Å². The average molecular weight is 182 g/mol. The molecular formula is C9H10O4. The highest BCUT2D eigenvalue weighted by molar-refractivity contribution is 5.73. The Morgan fingerprint density at radius 3 is 2.31 bits per heavy atom. The topological polar surface area (TPSA) is 55.8 Å². The van der Waals surface area contributed by atoms with Crippen LogP contribution in [0.25, 0.3) is 0 Å². The number of carbonyl (C=O) groups is 1. The molecule has 70 valence electrons. The molecule has 1 aromatic rings. The van der Waals surface area contributed by atoms with E-state index in [9.17, 15) is 4.79 Å². The van der Waals surface area contributed by atoms with Gasteiger partial charge in [-0.2, -0.15) is 0 Å². The number of methoxy groups -OCH3 is 1. The first-order valence-corrected chi connectivity index (χ1v) is 3.72. The monoisotopic (exact) mass is 182 g/mol. The number of hydrogen-bond acceptors (Lipinski definition) is 4. The zero-order valence-corrected chi connectivity index (χ0v) is 7.19. The van der Waals surface area contributed by atoms with Crippen LogP contribution in [-0.2, 0) is 4.79 Å². The molecule has 0 saturated heterocycles. The highest BCUT2D eigenvalue weighted by Gasteiger charge is 2.01. The molecule has 0 aliphatic heterocycles. The van der Waals surface area contributed by atoms with E-state index in [1.165, 1.54) is 0 Å². The van der Waals surface area contributed by atoms with E-state index in [0.29, 0.717) is 11.5 Å². The van der Waals surface area contributed by atoms with Crippen LogP contribution in [0.3, 0.4) is 0 Å². The van der Waals surface area contributed by atoms with Crippen LogP contribution in [0.1, 0.15) is 0 Å². The van der Waals surface area contributed by atoms with Crippen molar-refractivity contribution in [2.45, 2.75) is 0 Å². The first-order chi connectivity index (χ1) is 6.26. The lowest BCUT2D eigenvalue weighted by molar-refractivity contribution is -0.137. The standard InChI is InChI=1S/C9H10O4/c1-12-7-2-4-8(5-3-7)13-9(11)6-10/h2-5,10H,6H2,1H3. The van der Waals surface area contributed by atoms with Crippen LogP contribution in [-0.4, -0.2) is 24.8 Å². The normalized spacial score (nSPS) is 9.38. The second kappa shape index (κ2) is 4.47. The van der Waals surface area contributed by atoms with Crippen LogP contribution >= 0.6 is 0 Å². The number of rotatable bonds is 3. The van der Waals surface area contributed by atoms with Crippen LogP contribution in [0.5, 0.6) is 11.5 Å². The van der Waals surface area contributed by atoms with Gasteiger partial charge < -0.3 is 14.6 Å². The number of esters is 1. The van der Waals surface area contributed by atoms with Crippen molar-refractivity contribution in [1.29, 1.82) is 0 Å². The number of benzene rings is 1. The predicted molar refractivity (Wildman–Crippen MR) is 45.7 cm³/mol. The SMILES string of the molecule is COc1ccc(OC(=O)CO)cc1. The third-order valence-electron chi connectivity index (χ3n) is 1.42. The van der Waals surface area contributed by atoms with Crippen molar-refractivity contribution < 1.29 is 19.4 Å². The van der Waals surface area contributed by atoms with Gasteiger partial charge in [0.2, 0.25) is 0 Å². The maximum Gasteiger partial charge on any atom is 0.337 e. The second-order valence-electron chi connectivity index (χ2n) is 2.31. The molecule has 0 aromatic heterocycles. The van der Waals surface area contributed by atoms with E-state index in [1.807, 2.05) is 0 Å². The molecule has 0 amide bonds. The van der Waals surface area contributed by atoms with Crippen molar-refractivity contribution in [3.63, 3.8) is 0 Å². The highest BCUT2D eigenvalue weighted by Crippen LogP contribution is 2.16. The maximum absolute atomic E-state index is 10.6. The molecule has 0 unspecified atom stereocenters. The lowest BCUT2D eigenvalue weighted by atomic mass is 10.3. The van der Waals surface area contributed by atoms with Gasteiger partial charge in [-0.05, 0) is 24.3 Å². The molecule has 4 heteroatoms. The quantitative estimate of drug-likeness (QED) is 0.549. The van der Waals surface area contributed by atoms with Gasteiger partial charge in [-0.15, -0.1) is 0 Å². The Morgan fingerprint density at radius 2 is 1.85 bits per heavy atom. The predicted octanol–water partition coefficient (Wildman–Crippen LogP) is 0.593. The summed E-state index contributed by atoms with van der Waals surface area (Å²) in [7, 11) is 1.55. The highest BCUT2D eigenvalue weighted by atomic mass is 16.5. The molecule has 1 aromatic carbocycles. The van der Waals surface area contributed by atoms with E-state index >= 15 is 0 Å². The summed E-state index contributed by atoms with van der Waals surface area (Å²) in [5.41, 5.74) is 0. The number of aliphatic hydroxyl groups is 1. The van der Waals surface area contributed by atoms with Gasteiger partial charge in [0.05, 0.1) is 7.11 Å². The van der Waals surface area contributed by atoms with Crippen molar-refractivity contribution >= 4 is 5.97 Å². The fourth-order valence-electron chi connectivity index (χ4n) is 0.807. The van der Waals surface area contributed by atoms with Crippen LogP contribution in [0.2, 0.25) is 0 Å². The van der Waals surface area contributed by atoms with Crippen LogP contribution in [0.4, 0.5) is 0 Å². The van der Waals surface area contributed by atoms with E-state index in [-0.39, 0.29) is 0 Å². The minimum Gasteiger partial charge on any atom is -0.497 e. The largest absolute Gasteiger partial charge is 0.497 e. The maximum atomic E-state index is 10.6. The van der Waals surface area contributed by atoms with E-state index in [1.54, 1.807) is 31.4 Å².